The number of hydrogen-bond donors (Lipinski definition) is 1. The summed E-state index contributed by atoms with van der Waals surface area (Å²) >= 11 is 0. The third-order valence-electron chi connectivity index (χ3n) is 6.70. The van der Waals surface area contributed by atoms with Crippen molar-refractivity contribution in [2.45, 2.75) is 33.8 Å². The monoisotopic (exact) mass is 498 g/mol. The first-order chi connectivity index (χ1) is 18.0. The maximum atomic E-state index is 12.7. The van der Waals surface area contributed by atoms with Crippen molar-refractivity contribution in [2.75, 3.05) is 26.2 Å². The Bertz CT molecular complexity index is 1410. The molecular formula is C31H34N2O4. The van der Waals surface area contributed by atoms with Gasteiger partial charge in [0.2, 0.25) is 0 Å². The lowest BCUT2D eigenvalue weighted by Crippen LogP contribution is -2.32. The van der Waals surface area contributed by atoms with Crippen molar-refractivity contribution in [3.05, 3.63) is 99.9 Å². The third kappa shape index (κ3) is 6.46. The first-order valence-corrected chi connectivity index (χ1v) is 12.8. The summed E-state index contributed by atoms with van der Waals surface area (Å²) in [6.07, 6.45) is 0.815. The van der Waals surface area contributed by atoms with Crippen LogP contribution in [-0.4, -0.2) is 37.0 Å². The molecule has 3 aromatic carbocycles. The van der Waals surface area contributed by atoms with Crippen LogP contribution in [0.5, 0.6) is 5.75 Å². The van der Waals surface area contributed by atoms with Crippen LogP contribution in [0, 0.1) is 6.92 Å². The minimum absolute atomic E-state index is 0.00102. The molecule has 1 N–H and O–H groups in total. The minimum atomic E-state index is -0.643. The molecule has 0 unspecified atom stereocenters. The summed E-state index contributed by atoms with van der Waals surface area (Å²) in [4.78, 5) is 27.4. The van der Waals surface area contributed by atoms with E-state index in [9.17, 15) is 9.59 Å². The van der Waals surface area contributed by atoms with Gasteiger partial charge in [-0.2, -0.15) is 0 Å². The Morgan fingerprint density at radius 1 is 0.973 bits per heavy atom. The Labute approximate surface area is 217 Å². The van der Waals surface area contributed by atoms with Crippen molar-refractivity contribution in [1.29, 1.82) is 0 Å². The molecule has 192 valence electrons. The van der Waals surface area contributed by atoms with E-state index in [-0.39, 0.29) is 5.56 Å². The molecule has 0 saturated carbocycles. The minimum Gasteiger partial charge on any atom is -0.489 e. The summed E-state index contributed by atoms with van der Waals surface area (Å²) in [5.41, 5.74) is 4.37. The fourth-order valence-corrected chi connectivity index (χ4v) is 4.42. The number of carbonyl (C=O) groups excluding carboxylic acids is 1. The quantitative estimate of drug-likeness (QED) is 0.209. The van der Waals surface area contributed by atoms with Gasteiger partial charge >= 0.3 is 5.63 Å². The Balaban J connectivity index is 1.45. The van der Waals surface area contributed by atoms with Crippen LogP contribution in [0.1, 0.15) is 41.8 Å². The van der Waals surface area contributed by atoms with E-state index in [1.54, 1.807) is 24.3 Å². The molecule has 0 spiro atoms. The third-order valence-corrected chi connectivity index (χ3v) is 6.70. The Kier molecular flexibility index (Phi) is 8.75. The van der Waals surface area contributed by atoms with E-state index < -0.39 is 11.5 Å². The zero-order valence-electron chi connectivity index (χ0n) is 21.8. The fourth-order valence-electron chi connectivity index (χ4n) is 4.42. The molecule has 4 rings (SSSR count). The molecular weight excluding hydrogens is 464 g/mol. The number of nitrogens with zero attached hydrogens (tertiary/aromatic N) is 1. The van der Waals surface area contributed by atoms with E-state index in [0.29, 0.717) is 29.9 Å². The lowest BCUT2D eigenvalue weighted by atomic mass is 9.97. The van der Waals surface area contributed by atoms with E-state index >= 15 is 0 Å². The van der Waals surface area contributed by atoms with Gasteiger partial charge in [-0.05, 0) is 79.5 Å². The SMILES string of the molecule is CCN(CC)CCCNC(=O)c1cc2cc(OCc3cccc(-c4ccccc4)c3C)ccc2oc1=O. The number of amides is 1. The average Bonchev–Trinajstić information content (AvgIpc) is 2.92. The first kappa shape index (κ1) is 26.2. The highest BCUT2D eigenvalue weighted by molar-refractivity contribution is 5.96. The van der Waals surface area contributed by atoms with Gasteiger partial charge in [0.15, 0.2) is 0 Å². The average molecular weight is 499 g/mol. The van der Waals surface area contributed by atoms with Crippen molar-refractivity contribution in [3.8, 4) is 16.9 Å². The van der Waals surface area contributed by atoms with Crippen LogP contribution in [0.25, 0.3) is 22.1 Å². The van der Waals surface area contributed by atoms with Gasteiger partial charge in [-0.15, -0.1) is 0 Å². The molecule has 4 aromatic rings. The van der Waals surface area contributed by atoms with Crippen molar-refractivity contribution in [3.63, 3.8) is 0 Å². The highest BCUT2D eigenvalue weighted by Gasteiger charge is 2.14. The molecule has 1 amide bonds. The van der Waals surface area contributed by atoms with Gasteiger partial charge in [-0.3, -0.25) is 4.79 Å². The Hall–Kier alpha value is -3.90. The predicted octanol–water partition coefficient (Wildman–Crippen LogP) is 5.81. The molecule has 1 aromatic heterocycles. The number of nitrogens with one attached hydrogen (secondary N) is 1. The summed E-state index contributed by atoms with van der Waals surface area (Å²) in [6, 6.07) is 23.3. The van der Waals surface area contributed by atoms with Crippen LogP contribution < -0.4 is 15.7 Å². The van der Waals surface area contributed by atoms with Crippen LogP contribution in [-0.2, 0) is 6.61 Å². The van der Waals surface area contributed by atoms with Gasteiger partial charge < -0.3 is 19.4 Å². The number of rotatable bonds is 11. The van der Waals surface area contributed by atoms with Gasteiger partial charge in [0.1, 0.15) is 23.5 Å². The number of fused-ring (bicyclic) bond motifs is 1. The van der Waals surface area contributed by atoms with Crippen molar-refractivity contribution >= 4 is 16.9 Å². The van der Waals surface area contributed by atoms with Crippen LogP contribution in [0.15, 0.2) is 82.0 Å². The van der Waals surface area contributed by atoms with Crippen molar-refractivity contribution < 1.29 is 13.9 Å². The molecule has 0 radical (unpaired) electrons. The lowest BCUT2D eigenvalue weighted by molar-refractivity contribution is 0.0948. The summed E-state index contributed by atoms with van der Waals surface area (Å²) in [5.74, 6) is 0.214. The topological polar surface area (TPSA) is 71.8 Å². The second-order valence-corrected chi connectivity index (χ2v) is 9.03. The second kappa shape index (κ2) is 12.4. The molecule has 0 fully saturated rings. The fraction of sp³-hybridized carbons (Fsp3) is 0.290. The zero-order chi connectivity index (χ0) is 26.2. The molecule has 0 saturated heterocycles. The summed E-state index contributed by atoms with van der Waals surface area (Å²) in [5, 5.41) is 3.48. The maximum Gasteiger partial charge on any atom is 0.349 e. The van der Waals surface area contributed by atoms with E-state index in [2.05, 4.69) is 55.3 Å². The zero-order valence-corrected chi connectivity index (χ0v) is 21.8. The molecule has 6 heteroatoms. The molecule has 37 heavy (non-hydrogen) atoms. The largest absolute Gasteiger partial charge is 0.489 e. The molecule has 0 aliphatic heterocycles. The maximum absolute atomic E-state index is 12.7. The van der Waals surface area contributed by atoms with Gasteiger partial charge in [-0.1, -0.05) is 62.4 Å². The van der Waals surface area contributed by atoms with Gasteiger partial charge in [0, 0.05) is 11.9 Å². The van der Waals surface area contributed by atoms with Crippen molar-refractivity contribution in [1.82, 2.24) is 10.2 Å². The summed E-state index contributed by atoms with van der Waals surface area (Å²) in [7, 11) is 0. The van der Waals surface area contributed by atoms with Crippen LogP contribution in [0.4, 0.5) is 0 Å². The normalized spacial score (nSPS) is 11.1. The van der Waals surface area contributed by atoms with Crippen LogP contribution in [0.2, 0.25) is 0 Å². The van der Waals surface area contributed by atoms with Crippen LogP contribution in [0.3, 0.4) is 0 Å². The second-order valence-electron chi connectivity index (χ2n) is 9.03. The molecule has 0 atom stereocenters. The standard InChI is InChI=1S/C31H34N2O4/c1-4-33(5-2)18-10-17-32-30(34)28-20-25-19-26(15-16-29(25)37-31(28)35)36-21-24-13-9-14-27(22(24)3)23-11-7-6-8-12-23/h6-9,11-16,19-20H,4-5,10,17-18,21H2,1-3H3,(H,32,34). The highest BCUT2D eigenvalue weighted by atomic mass is 16.5. The lowest BCUT2D eigenvalue weighted by Gasteiger charge is -2.17. The number of hydrogen-bond acceptors (Lipinski definition) is 5. The van der Waals surface area contributed by atoms with E-state index in [4.69, 9.17) is 9.15 Å². The van der Waals surface area contributed by atoms with E-state index in [1.807, 2.05) is 24.3 Å². The van der Waals surface area contributed by atoms with E-state index in [0.717, 1.165) is 31.6 Å². The number of ether oxygens (including phenoxy) is 1. The van der Waals surface area contributed by atoms with Crippen molar-refractivity contribution in [2.24, 2.45) is 0 Å². The molecule has 0 aliphatic carbocycles. The highest BCUT2D eigenvalue weighted by Crippen LogP contribution is 2.27. The predicted molar refractivity (Wildman–Crippen MR) is 148 cm³/mol. The van der Waals surface area contributed by atoms with Gasteiger partial charge in [0.05, 0.1) is 0 Å². The van der Waals surface area contributed by atoms with Gasteiger partial charge in [0.25, 0.3) is 5.91 Å². The summed E-state index contributed by atoms with van der Waals surface area (Å²) < 4.78 is 11.5. The van der Waals surface area contributed by atoms with E-state index in [1.165, 1.54) is 16.7 Å². The first-order valence-electron chi connectivity index (χ1n) is 12.8. The Morgan fingerprint density at radius 2 is 1.76 bits per heavy atom. The molecule has 1 heterocycles. The number of carbonyl (C=O) groups is 1. The molecule has 6 nitrogen and oxygen atoms in total. The van der Waals surface area contributed by atoms with Gasteiger partial charge in [-0.25, -0.2) is 4.79 Å². The smallest absolute Gasteiger partial charge is 0.349 e. The molecule has 0 aliphatic rings. The Morgan fingerprint density at radius 3 is 2.51 bits per heavy atom. The number of benzene rings is 3. The molecule has 0 bridgehead atoms. The summed E-state index contributed by atoms with van der Waals surface area (Å²) in [6.45, 7) is 10.1. The van der Waals surface area contributed by atoms with Crippen LogP contribution >= 0.6 is 0 Å².